The third-order valence-electron chi connectivity index (χ3n) is 2.51. The van der Waals surface area contributed by atoms with E-state index in [0.717, 1.165) is 5.56 Å². The van der Waals surface area contributed by atoms with Gasteiger partial charge in [-0.1, -0.05) is 47.5 Å². The number of carbonyl (C=O) groups is 1. The highest BCUT2D eigenvalue weighted by Crippen LogP contribution is 2.23. The highest BCUT2D eigenvalue weighted by Gasteiger charge is 2.07. The summed E-state index contributed by atoms with van der Waals surface area (Å²) in [5.74, 6) is -0.935. The van der Waals surface area contributed by atoms with E-state index in [-0.39, 0.29) is 5.56 Å². The van der Waals surface area contributed by atoms with E-state index in [1.54, 1.807) is 30.3 Å². The average molecular weight is 295 g/mol. The Morgan fingerprint density at radius 2 is 1.79 bits per heavy atom. The zero-order chi connectivity index (χ0) is 13.8. The molecule has 0 amide bonds. The summed E-state index contributed by atoms with van der Waals surface area (Å²) in [6, 6.07) is 10.8. The fourth-order valence-electron chi connectivity index (χ4n) is 1.54. The van der Waals surface area contributed by atoms with Crippen molar-refractivity contribution in [3.8, 4) is 0 Å². The summed E-state index contributed by atoms with van der Waals surface area (Å²) in [6.07, 6.45) is 2.87. The maximum Gasteiger partial charge on any atom is 0.188 e. The fraction of sp³-hybridized carbons (Fsp3) is 0. The van der Waals surface area contributed by atoms with E-state index in [0.29, 0.717) is 10.0 Å². The van der Waals surface area contributed by atoms with Crippen molar-refractivity contribution in [3.63, 3.8) is 0 Å². The van der Waals surface area contributed by atoms with Crippen molar-refractivity contribution in [2.75, 3.05) is 0 Å². The lowest BCUT2D eigenvalue weighted by Gasteiger charge is -1.99. The summed E-state index contributed by atoms with van der Waals surface area (Å²) in [6.45, 7) is 0. The molecule has 96 valence electrons. The monoisotopic (exact) mass is 294 g/mol. The van der Waals surface area contributed by atoms with Crippen molar-refractivity contribution in [2.24, 2.45) is 0 Å². The summed E-state index contributed by atoms with van der Waals surface area (Å²) in [5.41, 5.74) is 0.762. The summed E-state index contributed by atoms with van der Waals surface area (Å²) < 4.78 is 13.4. The molecule has 0 bridgehead atoms. The van der Waals surface area contributed by atoms with Gasteiger partial charge in [0.15, 0.2) is 5.78 Å². The summed E-state index contributed by atoms with van der Waals surface area (Å²) >= 11 is 11.6. The second-order valence-corrected chi connectivity index (χ2v) is 4.67. The Balaban J connectivity index is 2.21. The molecule has 0 radical (unpaired) electrons. The molecule has 0 heterocycles. The van der Waals surface area contributed by atoms with Crippen LogP contribution in [0.4, 0.5) is 4.39 Å². The fourth-order valence-corrected chi connectivity index (χ4v) is 1.85. The maximum absolute atomic E-state index is 13.4. The molecule has 0 unspecified atom stereocenters. The first kappa shape index (κ1) is 13.8. The molecule has 0 spiro atoms. The molecule has 0 N–H and O–H groups in total. The lowest BCUT2D eigenvalue weighted by molar-refractivity contribution is 0.104. The van der Waals surface area contributed by atoms with Crippen LogP contribution in [0.2, 0.25) is 10.0 Å². The molecule has 1 nitrogen and oxygen atoms in total. The number of halogens is 3. The molecule has 0 aromatic heterocycles. The Labute approximate surface area is 120 Å². The van der Waals surface area contributed by atoms with Crippen molar-refractivity contribution in [3.05, 3.63) is 75.5 Å². The molecule has 4 heteroatoms. The van der Waals surface area contributed by atoms with Gasteiger partial charge in [-0.25, -0.2) is 4.39 Å². The van der Waals surface area contributed by atoms with Gasteiger partial charge >= 0.3 is 0 Å². The molecular formula is C15H9Cl2FO. The predicted molar refractivity (Wildman–Crippen MR) is 76.2 cm³/mol. The molecule has 2 aromatic carbocycles. The van der Waals surface area contributed by atoms with Crippen LogP contribution in [0.3, 0.4) is 0 Å². The molecule has 0 fully saturated rings. The van der Waals surface area contributed by atoms with Crippen LogP contribution in [0, 0.1) is 5.82 Å². The van der Waals surface area contributed by atoms with Crippen LogP contribution in [0.5, 0.6) is 0 Å². The topological polar surface area (TPSA) is 17.1 Å². The second kappa shape index (κ2) is 6.00. The van der Waals surface area contributed by atoms with Crippen LogP contribution in [0.25, 0.3) is 6.08 Å². The van der Waals surface area contributed by atoms with Gasteiger partial charge in [-0.15, -0.1) is 0 Å². The molecule has 0 aliphatic heterocycles. The first-order valence-corrected chi connectivity index (χ1v) is 6.25. The Morgan fingerprint density at radius 1 is 1.05 bits per heavy atom. The minimum Gasteiger partial charge on any atom is -0.289 e. The van der Waals surface area contributed by atoms with Gasteiger partial charge in [0, 0.05) is 0 Å². The summed E-state index contributed by atoms with van der Waals surface area (Å²) in [4.78, 5) is 11.8. The number of hydrogen-bond donors (Lipinski definition) is 0. The predicted octanol–water partition coefficient (Wildman–Crippen LogP) is 5.03. The Hall–Kier alpha value is -1.64. The largest absolute Gasteiger partial charge is 0.289 e. The molecule has 0 saturated heterocycles. The van der Waals surface area contributed by atoms with E-state index in [1.807, 2.05) is 0 Å². The normalized spacial score (nSPS) is 10.9. The van der Waals surface area contributed by atoms with Crippen LogP contribution in [0.15, 0.2) is 48.5 Å². The Kier molecular flexibility index (Phi) is 4.35. The molecule has 0 atom stereocenters. The first-order valence-electron chi connectivity index (χ1n) is 5.50. The molecule has 2 rings (SSSR count). The average Bonchev–Trinajstić information content (AvgIpc) is 2.40. The van der Waals surface area contributed by atoms with E-state index in [9.17, 15) is 9.18 Å². The van der Waals surface area contributed by atoms with Crippen molar-refractivity contribution in [1.29, 1.82) is 0 Å². The lowest BCUT2D eigenvalue weighted by Crippen LogP contribution is -1.97. The highest BCUT2D eigenvalue weighted by molar-refractivity contribution is 6.42. The van der Waals surface area contributed by atoms with Gasteiger partial charge in [-0.3, -0.25) is 4.79 Å². The quantitative estimate of drug-likeness (QED) is 0.573. The summed E-state index contributed by atoms with van der Waals surface area (Å²) in [5, 5.41) is 0.849. The lowest BCUT2D eigenvalue weighted by atomic mass is 10.1. The zero-order valence-corrected chi connectivity index (χ0v) is 11.3. The number of ketones is 1. The van der Waals surface area contributed by atoms with Crippen LogP contribution in [-0.4, -0.2) is 5.78 Å². The van der Waals surface area contributed by atoms with E-state index in [1.165, 1.54) is 24.3 Å². The molecule has 19 heavy (non-hydrogen) atoms. The molecule has 2 aromatic rings. The van der Waals surface area contributed by atoms with Gasteiger partial charge in [0.1, 0.15) is 5.82 Å². The van der Waals surface area contributed by atoms with Gasteiger partial charge in [0.25, 0.3) is 0 Å². The van der Waals surface area contributed by atoms with Crippen molar-refractivity contribution in [2.45, 2.75) is 0 Å². The smallest absolute Gasteiger partial charge is 0.188 e. The third kappa shape index (κ3) is 3.43. The number of carbonyl (C=O) groups excluding carboxylic acids is 1. The van der Waals surface area contributed by atoms with Crippen molar-refractivity contribution in [1.82, 2.24) is 0 Å². The number of allylic oxidation sites excluding steroid dienone is 1. The van der Waals surface area contributed by atoms with E-state index >= 15 is 0 Å². The van der Waals surface area contributed by atoms with E-state index < -0.39 is 11.6 Å². The van der Waals surface area contributed by atoms with E-state index in [2.05, 4.69) is 0 Å². The van der Waals surface area contributed by atoms with Crippen LogP contribution in [-0.2, 0) is 0 Å². The second-order valence-electron chi connectivity index (χ2n) is 3.85. The first-order chi connectivity index (χ1) is 9.08. The standard InChI is InChI=1S/C15H9Cl2FO/c16-12-7-5-10(9-13(12)17)6-8-15(19)11-3-1-2-4-14(11)18/h1-9H/b8-6+. The number of rotatable bonds is 3. The third-order valence-corrected chi connectivity index (χ3v) is 3.25. The van der Waals surface area contributed by atoms with Crippen molar-refractivity contribution < 1.29 is 9.18 Å². The van der Waals surface area contributed by atoms with Gasteiger partial charge in [0.2, 0.25) is 0 Å². The Morgan fingerprint density at radius 3 is 2.47 bits per heavy atom. The zero-order valence-electron chi connectivity index (χ0n) is 9.74. The highest BCUT2D eigenvalue weighted by atomic mass is 35.5. The Bertz CT molecular complexity index is 650. The van der Waals surface area contributed by atoms with Gasteiger partial charge in [-0.05, 0) is 35.9 Å². The van der Waals surface area contributed by atoms with Gasteiger partial charge in [0.05, 0.1) is 15.6 Å². The molecule has 0 aliphatic rings. The van der Waals surface area contributed by atoms with Crippen molar-refractivity contribution >= 4 is 35.1 Å². The van der Waals surface area contributed by atoms with E-state index in [4.69, 9.17) is 23.2 Å². The summed E-state index contributed by atoms with van der Waals surface area (Å²) in [7, 11) is 0. The van der Waals surface area contributed by atoms with Crippen LogP contribution < -0.4 is 0 Å². The number of benzene rings is 2. The molecular weight excluding hydrogens is 286 g/mol. The minimum absolute atomic E-state index is 0.0406. The molecule has 0 saturated carbocycles. The SMILES string of the molecule is O=C(/C=C/c1ccc(Cl)c(Cl)c1)c1ccccc1F. The molecule has 0 aliphatic carbocycles. The minimum atomic E-state index is -0.536. The van der Waals surface area contributed by atoms with Crippen LogP contribution in [0.1, 0.15) is 15.9 Å². The maximum atomic E-state index is 13.4. The van der Waals surface area contributed by atoms with Gasteiger partial charge in [-0.2, -0.15) is 0 Å². The van der Waals surface area contributed by atoms with Gasteiger partial charge < -0.3 is 0 Å². The van der Waals surface area contributed by atoms with Crippen LogP contribution >= 0.6 is 23.2 Å². The number of hydrogen-bond acceptors (Lipinski definition) is 1.